The van der Waals surface area contributed by atoms with Crippen LogP contribution < -0.4 is 0 Å². The van der Waals surface area contributed by atoms with Gasteiger partial charge < -0.3 is 14.4 Å². The molecule has 4 nitrogen and oxygen atoms in total. The molecule has 0 unspecified atom stereocenters. The van der Waals surface area contributed by atoms with Gasteiger partial charge in [0.05, 0.1) is 12.7 Å². The van der Waals surface area contributed by atoms with Gasteiger partial charge in [-0.1, -0.05) is 30.3 Å². The van der Waals surface area contributed by atoms with Crippen LogP contribution in [0.4, 0.5) is 0 Å². The molecule has 0 aromatic heterocycles. The fraction of sp³-hybridized carbons (Fsp3) is 0.409. The van der Waals surface area contributed by atoms with Gasteiger partial charge in [-0.3, -0.25) is 4.79 Å². The molecule has 1 amide bonds. The lowest BCUT2D eigenvalue weighted by atomic mass is 10.0. The van der Waals surface area contributed by atoms with E-state index in [9.17, 15) is 4.79 Å². The lowest BCUT2D eigenvalue weighted by Gasteiger charge is -2.37. The molecule has 2 heterocycles. The van der Waals surface area contributed by atoms with E-state index in [0.717, 1.165) is 24.8 Å². The third-order valence-corrected chi connectivity index (χ3v) is 5.85. The summed E-state index contributed by atoms with van der Waals surface area (Å²) in [5.74, 6) is -0.347. The van der Waals surface area contributed by atoms with Crippen molar-refractivity contribution in [2.75, 3.05) is 19.7 Å². The fourth-order valence-corrected chi connectivity index (χ4v) is 4.48. The third kappa shape index (κ3) is 2.56. The van der Waals surface area contributed by atoms with Crippen LogP contribution in [0.2, 0.25) is 0 Å². The van der Waals surface area contributed by atoms with E-state index in [-0.39, 0.29) is 12.0 Å². The highest BCUT2D eigenvalue weighted by atomic mass is 16.7. The summed E-state index contributed by atoms with van der Waals surface area (Å²) in [6.07, 6.45) is 2.56. The van der Waals surface area contributed by atoms with Crippen molar-refractivity contribution in [3.8, 4) is 11.1 Å². The van der Waals surface area contributed by atoms with Crippen LogP contribution in [0.3, 0.4) is 0 Å². The molecule has 5 rings (SSSR count). The second-order valence-electron chi connectivity index (χ2n) is 7.65. The average molecular weight is 349 g/mol. The minimum Gasteiger partial charge on any atom is -0.347 e. The molecule has 3 aliphatic rings. The molecule has 26 heavy (non-hydrogen) atoms. The number of nitrogens with zero attached hydrogens (tertiary/aromatic N) is 1. The van der Waals surface area contributed by atoms with E-state index < -0.39 is 5.79 Å². The highest BCUT2D eigenvalue weighted by molar-refractivity contribution is 5.95. The standard InChI is InChI=1S/C22H23NO3/c1-15-14-25-22(26-15)8-10-23(11-9-22)21(24)17-6-7-20-18(13-17)12-16-4-2-3-5-19(16)20/h2-7,13,15H,8-12,14H2,1H3/t15-/m0/s1. The Labute approximate surface area is 153 Å². The molecular weight excluding hydrogens is 326 g/mol. The van der Waals surface area contributed by atoms with Crippen molar-refractivity contribution in [1.82, 2.24) is 4.90 Å². The lowest BCUT2D eigenvalue weighted by molar-refractivity contribution is -0.189. The van der Waals surface area contributed by atoms with Crippen LogP contribution in [0.5, 0.6) is 0 Å². The maximum atomic E-state index is 13.0. The van der Waals surface area contributed by atoms with Crippen molar-refractivity contribution in [2.24, 2.45) is 0 Å². The molecule has 4 heteroatoms. The summed E-state index contributed by atoms with van der Waals surface area (Å²) in [7, 11) is 0. The molecular formula is C22H23NO3. The van der Waals surface area contributed by atoms with Crippen LogP contribution in [0.1, 0.15) is 41.3 Å². The predicted molar refractivity (Wildman–Crippen MR) is 99.1 cm³/mol. The Morgan fingerprint density at radius 2 is 1.85 bits per heavy atom. The van der Waals surface area contributed by atoms with Gasteiger partial charge in [0.15, 0.2) is 5.79 Å². The van der Waals surface area contributed by atoms with Crippen molar-refractivity contribution in [1.29, 1.82) is 0 Å². The lowest BCUT2D eigenvalue weighted by Crippen LogP contribution is -2.47. The number of hydrogen-bond acceptors (Lipinski definition) is 3. The van der Waals surface area contributed by atoms with Crippen LogP contribution in [0, 0.1) is 0 Å². The Morgan fingerprint density at radius 1 is 1.08 bits per heavy atom. The Bertz CT molecular complexity index is 867. The zero-order chi connectivity index (χ0) is 17.7. The minimum absolute atomic E-state index is 0.115. The summed E-state index contributed by atoms with van der Waals surface area (Å²) in [6.45, 7) is 4.06. The van der Waals surface area contributed by atoms with E-state index in [2.05, 4.69) is 36.4 Å². The van der Waals surface area contributed by atoms with E-state index in [1.54, 1.807) is 0 Å². The summed E-state index contributed by atoms with van der Waals surface area (Å²) < 4.78 is 11.8. The van der Waals surface area contributed by atoms with Crippen molar-refractivity contribution < 1.29 is 14.3 Å². The molecule has 1 spiro atoms. The van der Waals surface area contributed by atoms with Crippen molar-refractivity contribution in [2.45, 2.75) is 38.1 Å². The Balaban J connectivity index is 1.32. The zero-order valence-corrected chi connectivity index (χ0v) is 15.0. The Morgan fingerprint density at radius 3 is 2.62 bits per heavy atom. The average Bonchev–Trinajstić information content (AvgIpc) is 3.21. The molecule has 134 valence electrons. The van der Waals surface area contributed by atoms with Gasteiger partial charge >= 0.3 is 0 Å². The summed E-state index contributed by atoms with van der Waals surface area (Å²) >= 11 is 0. The number of piperidine rings is 1. The van der Waals surface area contributed by atoms with Crippen LogP contribution in [0.15, 0.2) is 42.5 Å². The monoisotopic (exact) mass is 349 g/mol. The third-order valence-electron chi connectivity index (χ3n) is 5.85. The topological polar surface area (TPSA) is 38.8 Å². The van der Waals surface area contributed by atoms with Gasteiger partial charge in [-0.15, -0.1) is 0 Å². The molecule has 1 atom stereocenters. The maximum Gasteiger partial charge on any atom is 0.253 e. The van der Waals surface area contributed by atoms with Crippen molar-refractivity contribution in [3.63, 3.8) is 0 Å². The smallest absolute Gasteiger partial charge is 0.253 e. The number of ether oxygens (including phenoxy) is 2. The Hall–Kier alpha value is -2.17. The van der Waals surface area contributed by atoms with Gasteiger partial charge in [-0.2, -0.15) is 0 Å². The first-order valence-electron chi connectivity index (χ1n) is 9.46. The number of carbonyl (C=O) groups excluding carboxylic acids is 1. The van der Waals surface area contributed by atoms with Gasteiger partial charge in [0.1, 0.15) is 0 Å². The fourth-order valence-electron chi connectivity index (χ4n) is 4.48. The predicted octanol–water partition coefficient (Wildman–Crippen LogP) is 3.63. The number of rotatable bonds is 1. The molecule has 1 aliphatic carbocycles. The SMILES string of the molecule is C[C@H]1COC2(CCN(C(=O)c3ccc4c(c3)Cc3ccccc3-4)CC2)O1. The molecule has 0 saturated carbocycles. The second kappa shape index (κ2) is 5.93. The summed E-state index contributed by atoms with van der Waals surface area (Å²) in [5, 5.41) is 0. The Kier molecular flexibility index (Phi) is 3.66. The van der Waals surface area contributed by atoms with Crippen molar-refractivity contribution in [3.05, 3.63) is 59.2 Å². The molecule has 2 fully saturated rings. The van der Waals surface area contributed by atoms with Crippen molar-refractivity contribution >= 4 is 5.91 Å². The quantitative estimate of drug-likeness (QED) is 0.673. The minimum atomic E-state index is -0.463. The summed E-state index contributed by atoms with van der Waals surface area (Å²) in [5.41, 5.74) is 5.94. The van der Waals surface area contributed by atoms with E-state index in [1.807, 2.05) is 17.9 Å². The summed E-state index contributed by atoms with van der Waals surface area (Å²) in [4.78, 5) is 14.9. The van der Waals surface area contributed by atoms with Crippen LogP contribution in [-0.2, 0) is 15.9 Å². The number of fused-ring (bicyclic) bond motifs is 3. The largest absolute Gasteiger partial charge is 0.347 e. The van der Waals surface area contributed by atoms with Gasteiger partial charge in [-0.25, -0.2) is 0 Å². The second-order valence-corrected chi connectivity index (χ2v) is 7.65. The van der Waals surface area contributed by atoms with Gasteiger partial charge in [-0.05, 0) is 47.7 Å². The first-order valence-corrected chi connectivity index (χ1v) is 9.46. The van der Waals surface area contributed by atoms with Gasteiger partial charge in [0, 0.05) is 31.5 Å². The van der Waals surface area contributed by atoms with Gasteiger partial charge in [0.25, 0.3) is 5.91 Å². The molecule has 0 bridgehead atoms. The highest BCUT2D eigenvalue weighted by Crippen LogP contribution is 2.38. The number of carbonyl (C=O) groups is 1. The molecule has 0 radical (unpaired) electrons. The van der Waals surface area contributed by atoms with E-state index in [0.29, 0.717) is 19.7 Å². The number of amides is 1. The first kappa shape index (κ1) is 16.0. The molecule has 2 aromatic carbocycles. The number of hydrogen-bond donors (Lipinski definition) is 0. The molecule has 2 saturated heterocycles. The number of benzene rings is 2. The van der Waals surface area contributed by atoms with Crippen LogP contribution in [-0.4, -0.2) is 42.4 Å². The van der Waals surface area contributed by atoms with Crippen LogP contribution in [0.25, 0.3) is 11.1 Å². The van der Waals surface area contributed by atoms with E-state index in [4.69, 9.17) is 9.47 Å². The van der Waals surface area contributed by atoms with Gasteiger partial charge in [0.2, 0.25) is 0 Å². The first-order chi connectivity index (χ1) is 12.6. The summed E-state index contributed by atoms with van der Waals surface area (Å²) in [6, 6.07) is 14.6. The normalized spacial score (nSPS) is 23.1. The molecule has 0 N–H and O–H groups in total. The molecule has 2 aromatic rings. The number of likely N-dealkylation sites (tertiary alicyclic amines) is 1. The zero-order valence-electron chi connectivity index (χ0n) is 15.0. The maximum absolute atomic E-state index is 13.0. The van der Waals surface area contributed by atoms with E-state index in [1.165, 1.54) is 22.3 Å². The highest BCUT2D eigenvalue weighted by Gasteiger charge is 2.43. The van der Waals surface area contributed by atoms with E-state index >= 15 is 0 Å². The molecule has 2 aliphatic heterocycles. The van der Waals surface area contributed by atoms with Crippen LogP contribution >= 0.6 is 0 Å².